The second-order valence-corrected chi connectivity index (χ2v) is 6.82. The van der Waals surface area contributed by atoms with Gasteiger partial charge in [0.25, 0.3) is 0 Å². The van der Waals surface area contributed by atoms with Crippen LogP contribution in [0.4, 0.5) is 0 Å². The van der Waals surface area contributed by atoms with Gasteiger partial charge in [0.05, 0.1) is 6.54 Å². The van der Waals surface area contributed by atoms with E-state index in [1.54, 1.807) is 4.90 Å². The van der Waals surface area contributed by atoms with E-state index in [0.717, 1.165) is 12.8 Å². The van der Waals surface area contributed by atoms with Gasteiger partial charge in [0.1, 0.15) is 6.04 Å². The van der Waals surface area contributed by atoms with Crippen molar-refractivity contribution in [1.82, 2.24) is 15.5 Å². The van der Waals surface area contributed by atoms with Crippen molar-refractivity contribution in [2.45, 2.75) is 71.4 Å². The summed E-state index contributed by atoms with van der Waals surface area (Å²) in [5, 5.41) is 5.41. The molecule has 0 radical (unpaired) electrons. The lowest BCUT2D eigenvalue weighted by atomic mass is 10.0. The van der Waals surface area contributed by atoms with Crippen LogP contribution in [-0.2, 0) is 14.4 Å². The molecule has 25 heavy (non-hydrogen) atoms. The van der Waals surface area contributed by atoms with Gasteiger partial charge in [0.2, 0.25) is 18.2 Å². The van der Waals surface area contributed by atoms with Gasteiger partial charge in [-0.05, 0) is 38.5 Å². The smallest absolute Gasteiger partial charge is 0.243 e. The Morgan fingerprint density at radius 1 is 1.28 bits per heavy atom. The van der Waals surface area contributed by atoms with E-state index in [4.69, 9.17) is 0 Å². The number of unbranched alkanes of at least 4 members (excludes halogenated alkanes) is 3. The molecule has 2 N–H and O–H groups in total. The van der Waals surface area contributed by atoms with Crippen molar-refractivity contribution >= 4 is 18.2 Å². The predicted octanol–water partition coefficient (Wildman–Crippen LogP) is 2.00. The highest BCUT2D eigenvalue weighted by Gasteiger charge is 2.34. The molecule has 3 atom stereocenters. The molecule has 1 rings (SSSR count). The van der Waals surface area contributed by atoms with Gasteiger partial charge in [0.15, 0.2) is 0 Å². The number of carbonyl (C=O) groups is 3. The number of rotatable bonds is 11. The maximum atomic E-state index is 12.5. The van der Waals surface area contributed by atoms with Gasteiger partial charge in [-0.15, -0.1) is 0 Å². The summed E-state index contributed by atoms with van der Waals surface area (Å²) in [5.74, 6) is -0.0650. The summed E-state index contributed by atoms with van der Waals surface area (Å²) >= 11 is 0. The molecule has 0 spiro atoms. The summed E-state index contributed by atoms with van der Waals surface area (Å²) in [6.07, 6.45) is 11.1. The molecule has 1 aliphatic heterocycles. The lowest BCUT2D eigenvalue weighted by molar-refractivity contribution is -0.138. The van der Waals surface area contributed by atoms with Gasteiger partial charge in [-0.3, -0.25) is 14.4 Å². The third kappa shape index (κ3) is 7.28. The van der Waals surface area contributed by atoms with Crippen LogP contribution in [0.1, 0.15) is 59.3 Å². The fourth-order valence-electron chi connectivity index (χ4n) is 3.01. The molecule has 1 saturated heterocycles. The summed E-state index contributed by atoms with van der Waals surface area (Å²) in [6.45, 7) is 6.79. The molecule has 0 aromatic heterocycles. The Labute approximate surface area is 151 Å². The summed E-state index contributed by atoms with van der Waals surface area (Å²) in [4.78, 5) is 36.5. The van der Waals surface area contributed by atoms with Crippen LogP contribution in [0.2, 0.25) is 0 Å². The molecule has 0 aromatic rings. The van der Waals surface area contributed by atoms with E-state index < -0.39 is 6.04 Å². The zero-order chi connectivity index (χ0) is 18.7. The molecule has 142 valence electrons. The van der Waals surface area contributed by atoms with Crippen LogP contribution in [0.25, 0.3) is 0 Å². The Morgan fingerprint density at radius 3 is 2.72 bits per heavy atom. The van der Waals surface area contributed by atoms with E-state index in [1.165, 1.54) is 19.3 Å². The first-order chi connectivity index (χ1) is 12.0. The topological polar surface area (TPSA) is 78.5 Å². The summed E-state index contributed by atoms with van der Waals surface area (Å²) in [7, 11) is 0. The van der Waals surface area contributed by atoms with E-state index in [1.807, 2.05) is 6.92 Å². The Kier molecular flexibility index (Phi) is 9.88. The standard InChI is InChI=1S/C19H33N3O3/c1-4-5-6-7-8-10-15(2)16(3)21-19(25)17-11-9-12-22(17)18(24)13-20-14-23/h8,10,14-17H,4-7,9,11-13H2,1-3H3,(H,20,23)(H,21,25)/b10-8-/t15?,16?,17-/m0/s1. The van der Waals surface area contributed by atoms with E-state index in [9.17, 15) is 14.4 Å². The molecular formula is C19H33N3O3. The van der Waals surface area contributed by atoms with Crippen LogP contribution in [0, 0.1) is 5.92 Å². The highest BCUT2D eigenvalue weighted by Crippen LogP contribution is 2.18. The first-order valence-electron chi connectivity index (χ1n) is 9.44. The van der Waals surface area contributed by atoms with E-state index in [2.05, 4.69) is 36.6 Å². The van der Waals surface area contributed by atoms with Gasteiger partial charge in [-0.25, -0.2) is 0 Å². The van der Waals surface area contributed by atoms with Crippen LogP contribution >= 0.6 is 0 Å². The first-order valence-corrected chi connectivity index (χ1v) is 9.44. The van der Waals surface area contributed by atoms with Crippen LogP contribution in [-0.4, -0.2) is 48.3 Å². The number of hydrogen-bond acceptors (Lipinski definition) is 3. The lowest BCUT2D eigenvalue weighted by Gasteiger charge is -2.26. The van der Waals surface area contributed by atoms with Crippen molar-refractivity contribution in [2.24, 2.45) is 5.92 Å². The third-order valence-corrected chi connectivity index (χ3v) is 4.79. The van der Waals surface area contributed by atoms with Gasteiger partial charge < -0.3 is 15.5 Å². The molecular weight excluding hydrogens is 318 g/mol. The molecule has 1 fully saturated rings. The van der Waals surface area contributed by atoms with Crippen LogP contribution in [0.15, 0.2) is 12.2 Å². The zero-order valence-electron chi connectivity index (χ0n) is 15.8. The van der Waals surface area contributed by atoms with Gasteiger partial charge in [-0.1, -0.05) is 38.8 Å². The molecule has 0 aromatic carbocycles. The minimum atomic E-state index is -0.427. The minimum absolute atomic E-state index is 0.0144. The molecule has 6 nitrogen and oxygen atoms in total. The van der Waals surface area contributed by atoms with Crippen molar-refractivity contribution in [1.29, 1.82) is 0 Å². The average molecular weight is 351 g/mol. The SMILES string of the molecule is CCCCC/C=C\C(C)C(C)NC(=O)[C@@H]1CCCN1C(=O)CNC=O. The van der Waals surface area contributed by atoms with Crippen molar-refractivity contribution in [3.63, 3.8) is 0 Å². The Bertz CT molecular complexity index is 465. The van der Waals surface area contributed by atoms with Gasteiger partial charge in [-0.2, -0.15) is 0 Å². The molecule has 0 saturated carbocycles. The Hall–Kier alpha value is -1.85. The fraction of sp³-hybridized carbons (Fsp3) is 0.737. The Morgan fingerprint density at radius 2 is 2.04 bits per heavy atom. The monoisotopic (exact) mass is 351 g/mol. The number of nitrogens with one attached hydrogen (secondary N) is 2. The lowest BCUT2D eigenvalue weighted by Crippen LogP contribution is -2.50. The average Bonchev–Trinajstić information content (AvgIpc) is 3.09. The molecule has 1 aliphatic rings. The molecule has 1 heterocycles. The minimum Gasteiger partial charge on any atom is -0.351 e. The van der Waals surface area contributed by atoms with Crippen molar-refractivity contribution in [3.8, 4) is 0 Å². The number of amides is 3. The van der Waals surface area contributed by atoms with Crippen molar-refractivity contribution in [2.75, 3.05) is 13.1 Å². The molecule has 3 amide bonds. The highest BCUT2D eigenvalue weighted by atomic mass is 16.2. The quantitative estimate of drug-likeness (QED) is 0.339. The fourth-order valence-corrected chi connectivity index (χ4v) is 3.01. The van der Waals surface area contributed by atoms with Crippen molar-refractivity contribution < 1.29 is 14.4 Å². The Balaban J connectivity index is 2.47. The predicted molar refractivity (Wildman–Crippen MR) is 98.9 cm³/mol. The highest BCUT2D eigenvalue weighted by molar-refractivity contribution is 5.89. The molecule has 2 unspecified atom stereocenters. The number of likely N-dealkylation sites (tertiary alicyclic amines) is 1. The summed E-state index contributed by atoms with van der Waals surface area (Å²) in [5.41, 5.74) is 0. The second kappa shape index (κ2) is 11.7. The number of carbonyl (C=O) groups excluding carboxylic acids is 3. The zero-order valence-corrected chi connectivity index (χ0v) is 15.8. The molecule has 0 bridgehead atoms. The second-order valence-electron chi connectivity index (χ2n) is 6.82. The maximum absolute atomic E-state index is 12.5. The van der Waals surface area contributed by atoms with E-state index in [-0.39, 0.29) is 30.3 Å². The third-order valence-electron chi connectivity index (χ3n) is 4.79. The van der Waals surface area contributed by atoms with Gasteiger partial charge in [0, 0.05) is 12.6 Å². The number of allylic oxidation sites excluding steroid dienone is 1. The van der Waals surface area contributed by atoms with E-state index in [0.29, 0.717) is 19.4 Å². The summed E-state index contributed by atoms with van der Waals surface area (Å²) in [6, 6.07) is -0.412. The van der Waals surface area contributed by atoms with Crippen LogP contribution in [0.5, 0.6) is 0 Å². The van der Waals surface area contributed by atoms with E-state index >= 15 is 0 Å². The first kappa shape index (κ1) is 21.2. The van der Waals surface area contributed by atoms with Crippen LogP contribution < -0.4 is 10.6 Å². The largest absolute Gasteiger partial charge is 0.351 e. The normalized spacial score (nSPS) is 19.6. The maximum Gasteiger partial charge on any atom is 0.243 e. The molecule has 6 heteroatoms. The van der Waals surface area contributed by atoms with Crippen LogP contribution in [0.3, 0.4) is 0 Å². The summed E-state index contributed by atoms with van der Waals surface area (Å²) < 4.78 is 0. The number of hydrogen-bond donors (Lipinski definition) is 2. The number of nitrogens with zero attached hydrogens (tertiary/aromatic N) is 1. The molecule has 0 aliphatic carbocycles. The van der Waals surface area contributed by atoms with Crippen molar-refractivity contribution in [3.05, 3.63) is 12.2 Å². The van der Waals surface area contributed by atoms with Gasteiger partial charge >= 0.3 is 0 Å².